The van der Waals surface area contributed by atoms with Crippen LogP contribution < -0.4 is 10.1 Å². The minimum Gasteiger partial charge on any atom is -0.493 e. The van der Waals surface area contributed by atoms with Crippen LogP contribution in [0.5, 0.6) is 5.75 Å². The summed E-state index contributed by atoms with van der Waals surface area (Å²) in [4.78, 5) is 12.4. The first kappa shape index (κ1) is 16.1. The van der Waals surface area contributed by atoms with Gasteiger partial charge < -0.3 is 10.1 Å². The Morgan fingerprint density at radius 1 is 1.50 bits per heavy atom. The van der Waals surface area contributed by atoms with E-state index in [2.05, 4.69) is 16.5 Å². The van der Waals surface area contributed by atoms with Gasteiger partial charge in [0, 0.05) is 18.2 Å². The smallest absolute Gasteiger partial charge is 0.226 e. The molecule has 1 aromatic carbocycles. The van der Waals surface area contributed by atoms with E-state index in [4.69, 9.17) is 10.00 Å². The Kier molecular flexibility index (Phi) is 4.80. The Morgan fingerprint density at radius 3 is 3.17 bits per heavy atom. The molecule has 0 saturated carbocycles. The number of ether oxygens (including phenoxy) is 1. The number of anilines is 1. The van der Waals surface area contributed by atoms with Gasteiger partial charge in [0.1, 0.15) is 5.75 Å². The van der Waals surface area contributed by atoms with Gasteiger partial charge in [-0.15, -0.1) is 0 Å². The summed E-state index contributed by atoms with van der Waals surface area (Å²) in [6.07, 6.45) is 1.64. The summed E-state index contributed by atoms with van der Waals surface area (Å²) in [5.74, 6) is 1.52. The molecule has 0 spiro atoms. The summed E-state index contributed by atoms with van der Waals surface area (Å²) in [6, 6.07) is 11.8. The molecule has 1 atom stereocenters. The predicted octanol–water partition coefficient (Wildman–Crippen LogP) is 3.00. The molecule has 6 nitrogen and oxygen atoms in total. The van der Waals surface area contributed by atoms with Crippen molar-refractivity contribution in [3.8, 4) is 11.8 Å². The summed E-state index contributed by atoms with van der Waals surface area (Å²) in [7, 11) is 0. The molecule has 2 aromatic rings. The molecule has 1 aromatic heterocycles. The summed E-state index contributed by atoms with van der Waals surface area (Å²) in [5, 5.41) is 15.9. The first-order valence-electron chi connectivity index (χ1n) is 8.10. The van der Waals surface area contributed by atoms with Gasteiger partial charge in [-0.2, -0.15) is 10.4 Å². The van der Waals surface area contributed by atoms with Crippen molar-refractivity contribution < 1.29 is 9.53 Å². The largest absolute Gasteiger partial charge is 0.493 e. The zero-order chi connectivity index (χ0) is 16.9. The van der Waals surface area contributed by atoms with E-state index in [1.54, 1.807) is 4.68 Å². The van der Waals surface area contributed by atoms with Crippen LogP contribution in [0.25, 0.3) is 0 Å². The Labute approximate surface area is 141 Å². The van der Waals surface area contributed by atoms with Crippen LogP contribution in [0, 0.1) is 18.3 Å². The van der Waals surface area contributed by atoms with E-state index in [-0.39, 0.29) is 11.8 Å². The molecule has 0 bridgehead atoms. The number of hydrogen-bond donors (Lipinski definition) is 1. The molecule has 3 rings (SSSR count). The highest BCUT2D eigenvalue weighted by Crippen LogP contribution is 2.35. The first-order chi connectivity index (χ1) is 11.7. The van der Waals surface area contributed by atoms with Gasteiger partial charge in [-0.3, -0.25) is 9.48 Å². The van der Waals surface area contributed by atoms with Crippen molar-refractivity contribution >= 4 is 11.7 Å². The fraction of sp³-hybridized carbons (Fsp3) is 0.389. The molecule has 0 aliphatic carbocycles. The van der Waals surface area contributed by atoms with Crippen LogP contribution in [0.3, 0.4) is 0 Å². The zero-order valence-electron chi connectivity index (χ0n) is 13.7. The maximum atomic E-state index is 12.4. The summed E-state index contributed by atoms with van der Waals surface area (Å²) in [6.45, 7) is 3.08. The SMILES string of the molecule is Cc1cc(NC(=O)CC2CCOc3ccccc32)nn1CCC#N. The lowest BCUT2D eigenvalue weighted by molar-refractivity contribution is -0.116. The van der Waals surface area contributed by atoms with Crippen molar-refractivity contribution in [1.29, 1.82) is 5.26 Å². The number of carbonyl (C=O) groups is 1. The van der Waals surface area contributed by atoms with Crippen LogP contribution in [0.2, 0.25) is 0 Å². The summed E-state index contributed by atoms with van der Waals surface area (Å²) < 4.78 is 7.38. The van der Waals surface area contributed by atoms with Crippen LogP contribution >= 0.6 is 0 Å². The zero-order valence-corrected chi connectivity index (χ0v) is 13.7. The molecule has 0 fully saturated rings. The average Bonchev–Trinajstić information content (AvgIpc) is 2.92. The number of aryl methyl sites for hydroxylation is 2. The van der Waals surface area contributed by atoms with Crippen molar-refractivity contribution in [3.05, 3.63) is 41.6 Å². The van der Waals surface area contributed by atoms with Gasteiger partial charge in [-0.1, -0.05) is 18.2 Å². The molecule has 124 valence electrons. The van der Waals surface area contributed by atoms with Crippen LogP contribution in [0.4, 0.5) is 5.82 Å². The highest BCUT2D eigenvalue weighted by molar-refractivity contribution is 5.90. The van der Waals surface area contributed by atoms with E-state index < -0.39 is 0 Å². The second-order valence-corrected chi connectivity index (χ2v) is 5.93. The third-order valence-corrected chi connectivity index (χ3v) is 4.20. The van der Waals surface area contributed by atoms with Gasteiger partial charge in [-0.25, -0.2) is 0 Å². The Hall–Kier alpha value is -2.81. The number of aromatic nitrogens is 2. The van der Waals surface area contributed by atoms with Gasteiger partial charge >= 0.3 is 0 Å². The summed E-state index contributed by atoms with van der Waals surface area (Å²) >= 11 is 0. The van der Waals surface area contributed by atoms with Gasteiger partial charge in [0.2, 0.25) is 5.91 Å². The molecule has 1 amide bonds. The normalized spacial score (nSPS) is 15.9. The van der Waals surface area contributed by atoms with E-state index in [0.29, 0.717) is 31.8 Å². The molecule has 24 heavy (non-hydrogen) atoms. The van der Waals surface area contributed by atoms with Crippen molar-refractivity contribution in [2.45, 2.75) is 38.6 Å². The second-order valence-electron chi connectivity index (χ2n) is 5.93. The minimum absolute atomic E-state index is 0.0540. The molecule has 6 heteroatoms. The number of rotatable bonds is 5. The number of nitrogens with one attached hydrogen (secondary N) is 1. The highest BCUT2D eigenvalue weighted by Gasteiger charge is 2.23. The van der Waals surface area contributed by atoms with Gasteiger partial charge in [0.15, 0.2) is 5.82 Å². The van der Waals surface area contributed by atoms with Gasteiger partial charge in [-0.05, 0) is 30.9 Å². The van der Waals surface area contributed by atoms with E-state index in [9.17, 15) is 4.79 Å². The lowest BCUT2D eigenvalue weighted by atomic mass is 9.90. The third-order valence-electron chi connectivity index (χ3n) is 4.20. The monoisotopic (exact) mass is 324 g/mol. The molecule has 1 aliphatic rings. The van der Waals surface area contributed by atoms with E-state index in [1.165, 1.54) is 0 Å². The molecule has 0 saturated heterocycles. The Bertz CT molecular complexity index is 776. The number of fused-ring (bicyclic) bond motifs is 1. The van der Waals surface area contributed by atoms with E-state index in [0.717, 1.165) is 23.4 Å². The Morgan fingerprint density at radius 2 is 2.33 bits per heavy atom. The van der Waals surface area contributed by atoms with Crippen LogP contribution in [-0.2, 0) is 11.3 Å². The van der Waals surface area contributed by atoms with Crippen LogP contribution in [0.1, 0.15) is 36.4 Å². The number of amides is 1. The van der Waals surface area contributed by atoms with Gasteiger partial charge in [0.25, 0.3) is 0 Å². The van der Waals surface area contributed by atoms with Crippen molar-refractivity contribution in [1.82, 2.24) is 9.78 Å². The standard InChI is InChI=1S/C18H20N4O2/c1-13-11-17(21-22(13)9-4-8-19)20-18(23)12-14-7-10-24-16-6-3-2-5-15(14)16/h2-3,5-6,11,14H,4,7,9-10,12H2,1H3,(H,20,21,23). The van der Waals surface area contributed by atoms with E-state index in [1.807, 2.05) is 37.3 Å². The molecule has 0 radical (unpaired) electrons. The lowest BCUT2D eigenvalue weighted by Gasteiger charge is -2.25. The first-order valence-corrected chi connectivity index (χ1v) is 8.10. The molecule has 2 heterocycles. The molecule has 1 N–H and O–H groups in total. The quantitative estimate of drug-likeness (QED) is 0.917. The second kappa shape index (κ2) is 7.18. The Balaban J connectivity index is 1.64. The lowest BCUT2D eigenvalue weighted by Crippen LogP contribution is -2.21. The van der Waals surface area contributed by atoms with Crippen molar-refractivity contribution in [2.24, 2.45) is 0 Å². The number of hydrogen-bond acceptors (Lipinski definition) is 4. The number of para-hydroxylation sites is 1. The van der Waals surface area contributed by atoms with Crippen LogP contribution in [-0.4, -0.2) is 22.3 Å². The van der Waals surface area contributed by atoms with Crippen molar-refractivity contribution in [2.75, 3.05) is 11.9 Å². The minimum atomic E-state index is -0.0540. The number of benzene rings is 1. The third kappa shape index (κ3) is 3.57. The molecule has 1 unspecified atom stereocenters. The fourth-order valence-electron chi connectivity index (χ4n) is 3.00. The summed E-state index contributed by atoms with van der Waals surface area (Å²) in [5.41, 5.74) is 2.02. The van der Waals surface area contributed by atoms with Crippen LogP contribution in [0.15, 0.2) is 30.3 Å². The molecular formula is C18H20N4O2. The maximum absolute atomic E-state index is 12.4. The fourth-order valence-corrected chi connectivity index (χ4v) is 3.00. The number of nitrogens with zero attached hydrogens (tertiary/aromatic N) is 3. The van der Waals surface area contributed by atoms with E-state index >= 15 is 0 Å². The number of carbonyl (C=O) groups excluding carboxylic acids is 1. The molecule has 1 aliphatic heterocycles. The number of nitriles is 1. The maximum Gasteiger partial charge on any atom is 0.226 e. The average molecular weight is 324 g/mol. The van der Waals surface area contributed by atoms with Crippen molar-refractivity contribution in [3.63, 3.8) is 0 Å². The topological polar surface area (TPSA) is 79.9 Å². The molecular weight excluding hydrogens is 304 g/mol. The highest BCUT2D eigenvalue weighted by atomic mass is 16.5. The van der Waals surface area contributed by atoms with Gasteiger partial charge in [0.05, 0.1) is 25.6 Å². The predicted molar refractivity (Wildman–Crippen MR) is 89.7 cm³/mol.